The molecule has 1 amide bonds. The third-order valence-corrected chi connectivity index (χ3v) is 6.44. The van der Waals surface area contributed by atoms with Crippen LogP contribution in [0.5, 0.6) is 0 Å². The van der Waals surface area contributed by atoms with E-state index < -0.39 is 9.84 Å². The second-order valence-electron chi connectivity index (χ2n) is 5.61. The van der Waals surface area contributed by atoms with Gasteiger partial charge < -0.3 is 5.32 Å². The van der Waals surface area contributed by atoms with Crippen molar-refractivity contribution in [1.82, 2.24) is 5.32 Å². The van der Waals surface area contributed by atoms with Crippen molar-refractivity contribution in [2.24, 2.45) is 0 Å². The molecular formula is C17H16ClNO3S2. The topological polar surface area (TPSA) is 63.2 Å². The van der Waals surface area contributed by atoms with E-state index in [-0.39, 0.29) is 27.4 Å². The Morgan fingerprint density at radius 2 is 2.00 bits per heavy atom. The van der Waals surface area contributed by atoms with Crippen LogP contribution < -0.4 is 5.32 Å². The van der Waals surface area contributed by atoms with Crippen molar-refractivity contribution in [2.45, 2.75) is 22.3 Å². The Balaban J connectivity index is 1.89. The van der Waals surface area contributed by atoms with Gasteiger partial charge in [-0.3, -0.25) is 4.79 Å². The minimum absolute atomic E-state index is 0.0802. The quantitative estimate of drug-likeness (QED) is 0.880. The highest BCUT2D eigenvalue weighted by Crippen LogP contribution is 2.36. The first-order valence-electron chi connectivity index (χ1n) is 7.38. The lowest BCUT2D eigenvalue weighted by molar-refractivity contribution is 0.0935. The molecular weight excluding hydrogens is 366 g/mol. The van der Waals surface area contributed by atoms with Crippen molar-refractivity contribution < 1.29 is 13.2 Å². The van der Waals surface area contributed by atoms with Gasteiger partial charge in [-0.15, -0.1) is 11.8 Å². The molecule has 0 saturated carbocycles. The van der Waals surface area contributed by atoms with Crippen molar-refractivity contribution in [1.29, 1.82) is 0 Å². The summed E-state index contributed by atoms with van der Waals surface area (Å²) in [5, 5.41) is 3.21. The molecule has 1 N–H and O–H groups in total. The number of carbonyl (C=O) groups is 1. The fraction of sp³-hybridized carbons (Fsp3) is 0.235. The zero-order chi connectivity index (χ0) is 17.3. The van der Waals surface area contributed by atoms with Gasteiger partial charge in [-0.2, -0.15) is 0 Å². The van der Waals surface area contributed by atoms with Gasteiger partial charge in [0.2, 0.25) is 0 Å². The number of nitrogens with one attached hydrogen (secondary N) is 1. The molecule has 2 aromatic carbocycles. The van der Waals surface area contributed by atoms with Gasteiger partial charge in [0.05, 0.1) is 21.5 Å². The predicted molar refractivity (Wildman–Crippen MR) is 96.6 cm³/mol. The molecule has 0 saturated heterocycles. The van der Waals surface area contributed by atoms with Crippen LogP contribution in [0.2, 0.25) is 5.02 Å². The van der Waals surface area contributed by atoms with Crippen molar-refractivity contribution in [3.63, 3.8) is 0 Å². The van der Waals surface area contributed by atoms with Crippen molar-refractivity contribution >= 4 is 39.1 Å². The zero-order valence-electron chi connectivity index (χ0n) is 13.0. The van der Waals surface area contributed by atoms with E-state index in [2.05, 4.69) is 5.32 Å². The molecule has 0 spiro atoms. The Morgan fingerprint density at radius 1 is 1.25 bits per heavy atom. The average Bonchev–Trinajstić information content (AvgIpc) is 2.54. The largest absolute Gasteiger partial charge is 0.345 e. The van der Waals surface area contributed by atoms with Crippen LogP contribution in [0.25, 0.3) is 0 Å². The van der Waals surface area contributed by atoms with Crippen LogP contribution in [0, 0.1) is 0 Å². The van der Waals surface area contributed by atoms with Crippen LogP contribution in [0.4, 0.5) is 0 Å². The molecule has 7 heteroatoms. The van der Waals surface area contributed by atoms with E-state index >= 15 is 0 Å². The molecule has 0 radical (unpaired) electrons. The number of halogens is 1. The van der Waals surface area contributed by atoms with Gasteiger partial charge >= 0.3 is 0 Å². The molecule has 126 valence electrons. The SMILES string of the molecule is CS(=O)(=O)c1ccc(Cl)c(C(=O)N[C@@H]2CCSc3ccccc32)c1. The molecule has 3 rings (SSSR count). The van der Waals surface area contributed by atoms with Gasteiger partial charge in [0.1, 0.15) is 0 Å². The summed E-state index contributed by atoms with van der Waals surface area (Å²) in [6.07, 6.45) is 1.92. The molecule has 0 bridgehead atoms. The van der Waals surface area contributed by atoms with Crippen molar-refractivity contribution in [2.75, 3.05) is 12.0 Å². The summed E-state index contributed by atoms with van der Waals surface area (Å²) in [6.45, 7) is 0. The number of thioether (sulfide) groups is 1. The molecule has 0 aliphatic carbocycles. The van der Waals surface area contributed by atoms with Crippen LogP contribution >= 0.6 is 23.4 Å². The maximum Gasteiger partial charge on any atom is 0.253 e. The summed E-state index contributed by atoms with van der Waals surface area (Å²) in [7, 11) is -3.40. The Labute approximate surface area is 150 Å². The van der Waals surface area contributed by atoms with Crippen LogP contribution in [0.1, 0.15) is 28.4 Å². The number of amides is 1. The fourth-order valence-corrected chi connectivity index (χ4v) is 4.61. The van der Waals surface area contributed by atoms with Gasteiger partial charge in [0, 0.05) is 16.9 Å². The molecule has 1 heterocycles. The summed E-state index contributed by atoms with van der Waals surface area (Å²) in [6, 6.07) is 12.0. The molecule has 0 aromatic heterocycles. The Bertz CT molecular complexity index is 896. The highest BCUT2D eigenvalue weighted by atomic mass is 35.5. The second kappa shape index (κ2) is 6.78. The number of hydrogen-bond acceptors (Lipinski definition) is 4. The normalized spacial score (nSPS) is 17.2. The van der Waals surface area contributed by atoms with Crippen LogP contribution in [0.3, 0.4) is 0 Å². The first-order chi connectivity index (χ1) is 11.4. The lowest BCUT2D eigenvalue weighted by atomic mass is 10.0. The summed E-state index contributed by atoms with van der Waals surface area (Å²) in [5.41, 5.74) is 1.26. The third kappa shape index (κ3) is 3.61. The summed E-state index contributed by atoms with van der Waals surface area (Å²) < 4.78 is 23.4. The average molecular weight is 382 g/mol. The Hall–Kier alpha value is -1.50. The van der Waals surface area contributed by atoms with Gasteiger partial charge in [0.15, 0.2) is 9.84 Å². The number of carbonyl (C=O) groups excluding carboxylic acids is 1. The molecule has 1 atom stereocenters. The van der Waals surface area contributed by atoms with E-state index in [1.165, 1.54) is 18.2 Å². The minimum Gasteiger partial charge on any atom is -0.345 e. The van der Waals surface area contributed by atoms with E-state index in [4.69, 9.17) is 11.6 Å². The fourth-order valence-electron chi connectivity index (χ4n) is 2.64. The number of rotatable bonds is 3. The molecule has 1 aliphatic heterocycles. The summed E-state index contributed by atoms with van der Waals surface area (Å²) in [5.74, 6) is 0.552. The van der Waals surface area contributed by atoms with E-state index in [1.54, 1.807) is 11.8 Å². The molecule has 2 aromatic rings. The lowest BCUT2D eigenvalue weighted by Crippen LogP contribution is -2.31. The molecule has 24 heavy (non-hydrogen) atoms. The van der Waals surface area contributed by atoms with E-state index in [0.717, 1.165) is 28.9 Å². The first-order valence-corrected chi connectivity index (χ1v) is 10.6. The molecule has 4 nitrogen and oxygen atoms in total. The standard InChI is InChI=1S/C17H16ClNO3S2/c1-24(21,22)11-6-7-14(18)13(10-11)17(20)19-15-8-9-23-16-5-3-2-4-12(15)16/h2-7,10,15H,8-9H2,1H3,(H,19,20)/t15-/m1/s1. The van der Waals surface area contributed by atoms with Gasteiger partial charge in [0.25, 0.3) is 5.91 Å². The number of fused-ring (bicyclic) bond motifs is 1. The van der Waals surface area contributed by atoms with Gasteiger partial charge in [-0.05, 0) is 36.2 Å². The van der Waals surface area contributed by atoms with Crippen LogP contribution in [0.15, 0.2) is 52.3 Å². The number of sulfone groups is 1. The van der Waals surface area contributed by atoms with Crippen LogP contribution in [-0.2, 0) is 9.84 Å². The van der Waals surface area contributed by atoms with Crippen LogP contribution in [-0.4, -0.2) is 26.3 Å². The highest BCUT2D eigenvalue weighted by molar-refractivity contribution is 7.99. The Kier molecular flexibility index (Phi) is 4.90. The van der Waals surface area contributed by atoms with Crippen molar-refractivity contribution in [3.8, 4) is 0 Å². The predicted octanol–water partition coefficient (Wildman–Crippen LogP) is 3.71. The van der Waals surface area contributed by atoms with E-state index in [1.807, 2.05) is 24.3 Å². The third-order valence-electron chi connectivity index (χ3n) is 3.87. The maximum atomic E-state index is 12.6. The Morgan fingerprint density at radius 3 is 2.75 bits per heavy atom. The first kappa shape index (κ1) is 17.3. The molecule has 1 aliphatic rings. The molecule has 0 fully saturated rings. The van der Waals surface area contributed by atoms with Crippen molar-refractivity contribution in [3.05, 3.63) is 58.6 Å². The van der Waals surface area contributed by atoms with Gasteiger partial charge in [-0.25, -0.2) is 8.42 Å². The van der Waals surface area contributed by atoms with E-state index in [0.29, 0.717) is 0 Å². The monoisotopic (exact) mass is 381 g/mol. The van der Waals surface area contributed by atoms with Gasteiger partial charge in [-0.1, -0.05) is 29.8 Å². The highest BCUT2D eigenvalue weighted by Gasteiger charge is 2.24. The van der Waals surface area contributed by atoms with E-state index in [9.17, 15) is 13.2 Å². The summed E-state index contributed by atoms with van der Waals surface area (Å²) >= 11 is 7.87. The molecule has 0 unspecified atom stereocenters. The number of benzene rings is 2. The minimum atomic E-state index is -3.40. The lowest BCUT2D eigenvalue weighted by Gasteiger charge is -2.26. The second-order valence-corrected chi connectivity index (χ2v) is 9.17. The zero-order valence-corrected chi connectivity index (χ0v) is 15.3. The maximum absolute atomic E-state index is 12.6. The smallest absolute Gasteiger partial charge is 0.253 e. The number of hydrogen-bond donors (Lipinski definition) is 1. The summed E-state index contributed by atoms with van der Waals surface area (Å²) in [4.78, 5) is 13.9.